The third-order valence-electron chi connectivity index (χ3n) is 6.19. The summed E-state index contributed by atoms with van der Waals surface area (Å²) in [7, 11) is 0. The zero-order valence-electron chi connectivity index (χ0n) is 19.2. The zero-order chi connectivity index (χ0) is 22.0. The number of nitrogens with zero attached hydrogens (tertiary/aromatic N) is 1. The van der Waals surface area contributed by atoms with Gasteiger partial charge in [0.1, 0.15) is 0 Å². The van der Waals surface area contributed by atoms with E-state index in [0.717, 1.165) is 33.2 Å². The first kappa shape index (κ1) is 20.3. The van der Waals surface area contributed by atoms with E-state index in [1.54, 1.807) is 0 Å². The van der Waals surface area contributed by atoms with E-state index in [1.165, 1.54) is 20.7 Å². The van der Waals surface area contributed by atoms with Crippen molar-refractivity contribution in [3.63, 3.8) is 0 Å². The summed E-state index contributed by atoms with van der Waals surface area (Å²) in [6.07, 6.45) is 1.87. The number of benzene rings is 3. The summed E-state index contributed by atoms with van der Waals surface area (Å²) in [6, 6.07) is 22.0. The summed E-state index contributed by atoms with van der Waals surface area (Å²) in [5.74, 6) is 7.25. The predicted molar refractivity (Wildman–Crippen MR) is 136 cm³/mol. The van der Waals surface area contributed by atoms with E-state index in [1.807, 2.05) is 12.3 Å². The van der Waals surface area contributed by atoms with E-state index in [-0.39, 0.29) is 5.41 Å². The Bertz CT molecular complexity index is 1450. The molecule has 0 saturated heterocycles. The monoisotopic (exact) mass is 469 g/mol. The summed E-state index contributed by atoms with van der Waals surface area (Å²) >= 11 is -1.93. The molecule has 2 heterocycles. The average molecular weight is 468 g/mol. The second-order valence-corrected chi connectivity index (χ2v) is 21.2. The molecule has 5 rings (SSSR count). The van der Waals surface area contributed by atoms with Crippen LogP contribution < -0.4 is 4.40 Å². The molecule has 0 amide bonds. The molecule has 5 aromatic rings. The Labute approximate surface area is 186 Å². The summed E-state index contributed by atoms with van der Waals surface area (Å²) in [5.41, 5.74) is 5.40. The molecule has 0 spiro atoms. The summed E-state index contributed by atoms with van der Waals surface area (Å²) in [4.78, 5) is 4.85. The van der Waals surface area contributed by atoms with Crippen LogP contribution in [-0.4, -0.2) is 18.3 Å². The second kappa shape index (κ2) is 6.96. The van der Waals surface area contributed by atoms with Crippen molar-refractivity contribution in [1.82, 2.24) is 4.98 Å². The molecule has 2 aromatic heterocycles. The van der Waals surface area contributed by atoms with Gasteiger partial charge < -0.3 is 0 Å². The Morgan fingerprint density at radius 2 is 1.58 bits per heavy atom. The molecule has 0 aliphatic heterocycles. The molecule has 0 saturated carbocycles. The van der Waals surface area contributed by atoms with Crippen molar-refractivity contribution in [2.75, 3.05) is 0 Å². The third-order valence-corrected chi connectivity index (χ3v) is 10.5. The van der Waals surface area contributed by atoms with Gasteiger partial charge >= 0.3 is 187 Å². The van der Waals surface area contributed by atoms with E-state index in [9.17, 15) is 0 Å². The Hall–Kier alpha value is -2.59. The molecular weight excluding hydrogens is 439 g/mol. The van der Waals surface area contributed by atoms with Crippen LogP contribution >= 0.6 is 0 Å². The minimum absolute atomic E-state index is 0.0375. The first-order valence-corrected chi connectivity index (χ1v) is 18.3. The molecule has 0 aliphatic carbocycles. The van der Waals surface area contributed by atoms with E-state index < -0.39 is 13.3 Å². The maximum absolute atomic E-state index is 6.33. The number of fused-ring (bicyclic) bond motifs is 4. The standard InChI is InChI=1S/C28H29GeNO/c1-28(2,3)23-16-19(15-18-9-7-8-10-21(18)23)27-26-22-12-11-20(29(4,5)6)17-25(22)31-24(26)13-14-30-27/h7-17H,1-6H3. The molecule has 2 nitrogen and oxygen atoms in total. The van der Waals surface area contributed by atoms with Crippen LogP contribution in [0.15, 0.2) is 71.3 Å². The van der Waals surface area contributed by atoms with Gasteiger partial charge in [0.25, 0.3) is 0 Å². The number of pyridine rings is 1. The Balaban J connectivity index is 1.82. The Kier molecular flexibility index (Phi) is 4.56. The van der Waals surface area contributed by atoms with Gasteiger partial charge in [0.2, 0.25) is 0 Å². The van der Waals surface area contributed by atoms with Crippen molar-refractivity contribution in [3.8, 4) is 11.3 Å². The number of rotatable bonds is 2. The van der Waals surface area contributed by atoms with Crippen molar-refractivity contribution in [2.24, 2.45) is 0 Å². The first-order chi connectivity index (χ1) is 14.6. The fraction of sp³-hybridized carbons (Fsp3) is 0.250. The quantitative estimate of drug-likeness (QED) is 0.249. The SMILES string of the molecule is CC(C)(C)c1cc(-c2nccc3oc4c[c]([Ge]([CH3])([CH3])[CH3])ccc4c23)cc2ccccc12. The van der Waals surface area contributed by atoms with Gasteiger partial charge in [0.15, 0.2) is 0 Å². The maximum atomic E-state index is 6.33. The number of aromatic nitrogens is 1. The van der Waals surface area contributed by atoms with Crippen LogP contribution in [0, 0.1) is 0 Å². The van der Waals surface area contributed by atoms with Crippen LogP contribution in [0.2, 0.25) is 17.3 Å². The molecule has 0 aliphatic rings. The van der Waals surface area contributed by atoms with Gasteiger partial charge in [-0.15, -0.1) is 0 Å². The fourth-order valence-electron chi connectivity index (χ4n) is 4.47. The van der Waals surface area contributed by atoms with Gasteiger partial charge in [0.05, 0.1) is 0 Å². The van der Waals surface area contributed by atoms with Crippen LogP contribution in [0.4, 0.5) is 0 Å². The van der Waals surface area contributed by atoms with Crippen LogP contribution in [0.3, 0.4) is 0 Å². The summed E-state index contributed by atoms with van der Waals surface area (Å²) in [6.45, 7) is 6.83. The number of hydrogen-bond donors (Lipinski definition) is 0. The van der Waals surface area contributed by atoms with Gasteiger partial charge in [0, 0.05) is 0 Å². The van der Waals surface area contributed by atoms with Gasteiger partial charge in [-0.25, -0.2) is 0 Å². The molecule has 156 valence electrons. The number of hydrogen-bond acceptors (Lipinski definition) is 2. The zero-order valence-corrected chi connectivity index (χ0v) is 21.3. The Morgan fingerprint density at radius 1 is 0.806 bits per heavy atom. The molecule has 0 fully saturated rings. The van der Waals surface area contributed by atoms with Crippen LogP contribution in [0.1, 0.15) is 26.3 Å². The van der Waals surface area contributed by atoms with Crippen LogP contribution in [0.5, 0.6) is 0 Å². The summed E-state index contributed by atoms with van der Waals surface area (Å²) < 4.78 is 7.79. The van der Waals surface area contributed by atoms with Crippen molar-refractivity contribution < 1.29 is 4.42 Å². The summed E-state index contributed by atoms with van der Waals surface area (Å²) in [5, 5.41) is 4.82. The normalized spacial score (nSPS) is 12.8. The minimum atomic E-state index is -1.93. The molecule has 0 N–H and O–H groups in total. The Morgan fingerprint density at radius 3 is 2.32 bits per heavy atom. The van der Waals surface area contributed by atoms with Crippen molar-refractivity contribution in [2.45, 2.75) is 43.5 Å². The van der Waals surface area contributed by atoms with Crippen molar-refractivity contribution in [3.05, 3.63) is 72.4 Å². The molecule has 0 bridgehead atoms. The van der Waals surface area contributed by atoms with Crippen molar-refractivity contribution in [1.29, 1.82) is 0 Å². The van der Waals surface area contributed by atoms with Gasteiger partial charge in [-0.2, -0.15) is 0 Å². The second-order valence-electron chi connectivity index (χ2n) is 10.6. The predicted octanol–water partition coefficient (Wildman–Crippen LogP) is 7.64. The van der Waals surface area contributed by atoms with E-state index in [2.05, 4.69) is 92.6 Å². The van der Waals surface area contributed by atoms with Gasteiger partial charge in [-0.1, -0.05) is 0 Å². The molecule has 0 unspecified atom stereocenters. The fourth-order valence-corrected chi connectivity index (χ4v) is 6.88. The number of furan rings is 1. The average Bonchev–Trinajstić information content (AvgIpc) is 3.09. The van der Waals surface area contributed by atoms with E-state index >= 15 is 0 Å². The molecule has 0 radical (unpaired) electrons. The molecular formula is C28H29GeNO. The van der Waals surface area contributed by atoms with Gasteiger partial charge in [-0.05, 0) is 0 Å². The first-order valence-electron chi connectivity index (χ1n) is 11.0. The van der Waals surface area contributed by atoms with E-state index in [4.69, 9.17) is 9.40 Å². The van der Waals surface area contributed by atoms with E-state index in [0.29, 0.717) is 0 Å². The molecule has 3 aromatic carbocycles. The topological polar surface area (TPSA) is 26.0 Å². The van der Waals surface area contributed by atoms with Crippen LogP contribution in [-0.2, 0) is 5.41 Å². The molecule has 31 heavy (non-hydrogen) atoms. The third kappa shape index (κ3) is 3.47. The molecule has 0 atom stereocenters. The van der Waals surface area contributed by atoms with Crippen molar-refractivity contribution >= 4 is 50.4 Å². The van der Waals surface area contributed by atoms with Gasteiger partial charge in [-0.3, -0.25) is 0 Å². The molecule has 3 heteroatoms. The van der Waals surface area contributed by atoms with Crippen LogP contribution in [0.25, 0.3) is 44.0 Å².